The first kappa shape index (κ1) is 17.7. The van der Waals surface area contributed by atoms with Gasteiger partial charge in [-0.05, 0) is 26.3 Å². The Kier molecular flexibility index (Phi) is 8.11. The Hall–Kier alpha value is -1.31. The zero-order valence-corrected chi connectivity index (χ0v) is 14.0. The van der Waals surface area contributed by atoms with E-state index in [1.807, 2.05) is 16.3 Å². The number of aliphatic hydroxyl groups excluding tert-OH is 1. The third kappa shape index (κ3) is 5.91. The molecule has 0 fully saturated rings. The van der Waals surface area contributed by atoms with Gasteiger partial charge in [0.15, 0.2) is 0 Å². The third-order valence-corrected chi connectivity index (χ3v) is 4.03. The Morgan fingerprint density at radius 2 is 2.19 bits per heavy atom. The lowest BCUT2D eigenvalue weighted by Gasteiger charge is -2.26. The highest BCUT2D eigenvalue weighted by Gasteiger charge is 2.19. The molecule has 3 nitrogen and oxygen atoms in total. The van der Waals surface area contributed by atoms with Crippen LogP contribution in [-0.4, -0.2) is 35.1 Å². The van der Waals surface area contributed by atoms with Crippen LogP contribution in [0.15, 0.2) is 11.4 Å². The van der Waals surface area contributed by atoms with E-state index in [9.17, 15) is 4.79 Å². The molecule has 0 spiro atoms. The number of thiophene rings is 1. The Bertz CT molecular complexity index is 496. The number of amides is 1. The number of aliphatic hydroxyl groups is 1. The lowest BCUT2D eigenvalue weighted by Crippen LogP contribution is -2.37. The van der Waals surface area contributed by atoms with Crippen molar-refractivity contribution in [3.63, 3.8) is 0 Å². The van der Waals surface area contributed by atoms with Crippen LogP contribution in [0.3, 0.4) is 0 Å². The molecule has 0 bridgehead atoms. The molecular formula is C17H25NO2S. The van der Waals surface area contributed by atoms with Crippen molar-refractivity contribution in [1.29, 1.82) is 0 Å². The number of unbranched alkanes of at least 4 members (excludes halogenated alkanes) is 2. The van der Waals surface area contributed by atoms with Gasteiger partial charge in [-0.3, -0.25) is 4.79 Å². The molecule has 0 radical (unpaired) electrons. The summed E-state index contributed by atoms with van der Waals surface area (Å²) in [5.41, 5.74) is 0.721. The molecule has 0 saturated heterocycles. The van der Waals surface area contributed by atoms with Gasteiger partial charge in [0, 0.05) is 24.4 Å². The molecule has 0 aliphatic carbocycles. The zero-order chi connectivity index (χ0) is 15.7. The predicted octanol–water partition coefficient (Wildman–Crippen LogP) is 3.52. The fraction of sp³-hybridized carbons (Fsp3) is 0.588. The van der Waals surface area contributed by atoms with Crippen molar-refractivity contribution in [2.24, 2.45) is 0 Å². The highest BCUT2D eigenvalue weighted by atomic mass is 32.1. The fourth-order valence-electron chi connectivity index (χ4n) is 2.01. The summed E-state index contributed by atoms with van der Waals surface area (Å²) in [6.45, 7) is 7.16. The van der Waals surface area contributed by atoms with Crippen LogP contribution in [0.25, 0.3) is 0 Å². The van der Waals surface area contributed by atoms with E-state index in [0.717, 1.165) is 36.2 Å². The van der Waals surface area contributed by atoms with E-state index in [2.05, 4.69) is 32.6 Å². The molecule has 1 heterocycles. The number of hydrogen-bond donors (Lipinski definition) is 1. The van der Waals surface area contributed by atoms with Gasteiger partial charge in [-0.2, -0.15) is 0 Å². The molecule has 1 aromatic heterocycles. The van der Waals surface area contributed by atoms with Crippen LogP contribution in [-0.2, 0) is 0 Å². The van der Waals surface area contributed by atoms with Crippen molar-refractivity contribution in [1.82, 2.24) is 4.90 Å². The standard InChI is InChI=1S/C17H25NO2S/c1-4-5-7-10-18(14(2)3)17(20)15-12-16(21-13-15)9-6-8-11-19/h12-14,19H,4-5,7-8,10-11H2,1-3H3. The second kappa shape index (κ2) is 9.59. The Balaban J connectivity index is 2.73. The van der Waals surface area contributed by atoms with Gasteiger partial charge in [0.1, 0.15) is 0 Å². The van der Waals surface area contributed by atoms with Crippen LogP contribution in [0.5, 0.6) is 0 Å². The number of rotatable bonds is 7. The normalized spacial score (nSPS) is 10.3. The highest BCUT2D eigenvalue weighted by molar-refractivity contribution is 7.10. The van der Waals surface area contributed by atoms with E-state index in [-0.39, 0.29) is 18.6 Å². The first-order valence-electron chi connectivity index (χ1n) is 7.59. The van der Waals surface area contributed by atoms with Crippen LogP contribution in [0.2, 0.25) is 0 Å². The molecular weight excluding hydrogens is 282 g/mol. The summed E-state index contributed by atoms with van der Waals surface area (Å²) in [7, 11) is 0. The van der Waals surface area contributed by atoms with Crippen LogP contribution in [0, 0.1) is 11.8 Å². The minimum absolute atomic E-state index is 0.0721. The van der Waals surface area contributed by atoms with E-state index in [1.54, 1.807) is 0 Å². The smallest absolute Gasteiger partial charge is 0.254 e. The average Bonchev–Trinajstić information content (AvgIpc) is 2.92. The summed E-state index contributed by atoms with van der Waals surface area (Å²) in [6.07, 6.45) is 3.82. The maximum absolute atomic E-state index is 12.6. The molecule has 0 unspecified atom stereocenters. The summed E-state index contributed by atoms with van der Waals surface area (Å²) in [4.78, 5) is 15.4. The van der Waals surface area contributed by atoms with Gasteiger partial charge in [-0.25, -0.2) is 0 Å². The molecule has 1 aromatic rings. The van der Waals surface area contributed by atoms with Crippen molar-refractivity contribution in [3.8, 4) is 11.8 Å². The summed E-state index contributed by atoms with van der Waals surface area (Å²) in [5.74, 6) is 5.95. The quantitative estimate of drug-likeness (QED) is 0.618. The number of hydrogen-bond acceptors (Lipinski definition) is 3. The number of carbonyl (C=O) groups excluding carboxylic acids is 1. The molecule has 0 atom stereocenters. The summed E-state index contributed by atoms with van der Waals surface area (Å²) < 4.78 is 0. The highest BCUT2D eigenvalue weighted by Crippen LogP contribution is 2.17. The molecule has 21 heavy (non-hydrogen) atoms. The lowest BCUT2D eigenvalue weighted by molar-refractivity contribution is 0.0703. The molecule has 1 amide bonds. The topological polar surface area (TPSA) is 40.5 Å². The van der Waals surface area contributed by atoms with Gasteiger partial charge in [0.25, 0.3) is 5.91 Å². The molecule has 116 valence electrons. The molecule has 1 N–H and O–H groups in total. The summed E-state index contributed by atoms with van der Waals surface area (Å²) in [6, 6.07) is 2.06. The maximum atomic E-state index is 12.6. The molecule has 0 aliphatic rings. The van der Waals surface area contributed by atoms with Crippen LogP contribution in [0.4, 0.5) is 0 Å². The lowest BCUT2D eigenvalue weighted by atomic mass is 10.2. The summed E-state index contributed by atoms with van der Waals surface area (Å²) in [5, 5.41) is 10.6. The second-order valence-corrected chi connectivity index (χ2v) is 6.19. The second-order valence-electron chi connectivity index (χ2n) is 5.27. The van der Waals surface area contributed by atoms with Crippen LogP contribution >= 0.6 is 11.3 Å². The molecule has 0 aromatic carbocycles. The Labute approximate surface area is 132 Å². The van der Waals surface area contributed by atoms with Crippen molar-refractivity contribution in [2.75, 3.05) is 13.2 Å². The van der Waals surface area contributed by atoms with Gasteiger partial charge in [0.05, 0.1) is 17.0 Å². The first-order chi connectivity index (χ1) is 10.1. The molecule has 4 heteroatoms. The Morgan fingerprint density at radius 3 is 2.81 bits per heavy atom. The zero-order valence-electron chi connectivity index (χ0n) is 13.2. The number of nitrogens with zero attached hydrogens (tertiary/aromatic N) is 1. The van der Waals surface area contributed by atoms with Crippen molar-refractivity contribution < 1.29 is 9.90 Å². The number of carbonyl (C=O) groups is 1. The minimum Gasteiger partial charge on any atom is -0.395 e. The molecule has 1 rings (SSSR count). The van der Waals surface area contributed by atoms with Gasteiger partial charge in [-0.15, -0.1) is 11.3 Å². The van der Waals surface area contributed by atoms with E-state index in [1.165, 1.54) is 11.3 Å². The van der Waals surface area contributed by atoms with Gasteiger partial charge < -0.3 is 10.0 Å². The summed E-state index contributed by atoms with van der Waals surface area (Å²) >= 11 is 1.48. The van der Waals surface area contributed by atoms with Crippen molar-refractivity contribution in [3.05, 3.63) is 21.9 Å². The van der Waals surface area contributed by atoms with Gasteiger partial charge in [-0.1, -0.05) is 31.6 Å². The average molecular weight is 307 g/mol. The van der Waals surface area contributed by atoms with Crippen molar-refractivity contribution >= 4 is 17.2 Å². The Morgan fingerprint density at radius 1 is 1.43 bits per heavy atom. The minimum atomic E-state index is 0.0721. The van der Waals surface area contributed by atoms with E-state index >= 15 is 0 Å². The molecule has 0 aliphatic heterocycles. The monoisotopic (exact) mass is 307 g/mol. The largest absolute Gasteiger partial charge is 0.395 e. The predicted molar refractivity (Wildman–Crippen MR) is 88.6 cm³/mol. The van der Waals surface area contributed by atoms with Gasteiger partial charge in [0.2, 0.25) is 0 Å². The van der Waals surface area contributed by atoms with Crippen LogP contribution in [0.1, 0.15) is 61.7 Å². The van der Waals surface area contributed by atoms with Gasteiger partial charge >= 0.3 is 0 Å². The first-order valence-corrected chi connectivity index (χ1v) is 8.47. The van der Waals surface area contributed by atoms with E-state index in [0.29, 0.717) is 6.42 Å². The van der Waals surface area contributed by atoms with E-state index in [4.69, 9.17) is 5.11 Å². The maximum Gasteiger partial charge on any atom is 0.254 e. The van der Waals surface area contributed by atoms with Crippen molar-refractivity contribution in [2.45, 2.75) is 52.5 Å². The van der Waals surface area contributed by atoms with E-state index < -0.39 is 0 Å². The third-order valence-electron chi connectivity index (χ3n) is 3.18. The SMILES string of the molecule is CCCCCN(C(=O)c1csc(C#CCCO)c1)C(C)C. The fourth-order valence-corrected chi connectivity index (χ4v) is 2.76. The molecule has 0 saturated carbocycles. The van der Waals surface area contributed by atoms with Crippen LogP contribution < -0.4 is 0 Å².